The standard InChI is InChI=1S/C19H36N2O2/c1-5-14-6-8-15(9-7-14)13-20-16-10-11-17(12-16)21-18(22)23-19(2,3)4/h14-17,20H,5-13H2,1-4H3,(H,21,22). The molecule has 2 unspecified atom stereocenters. The number of amides is 1. The molecule has 0 aromatic carbocycles. The molecular formula is C19H36N2O2. The van der Waals surface area contributed by atoms with E-state index in [0.29, 0.717) is 6.04 Å². The predicted octanol–water partition coefficient (Wildman–Crippen LogP) is 4.24. The Hall–Kier alpha value is -0.770. The second kappa shape index (κ2) is 8.36. The first-order valence-corrected chi connectivity index (χ1v) is 9.58. The number of carbonyl (C=O) groups is 1. The van der Waals surface area contributed by atoms with Crippen LogP contribution in [0.4, 0.5) is 4.79 Å². The molecule has 2 fully saturated rings. The molecule has 2 saturated carbocycles. The van der Waals surface area contributed by atoms with Crippen LogP contribution in [0.1, 0.15) is 79.1 Å². The lowest BCUT2D eigenvalue weighted by molar-refractivity contribution is 0.0505. The minimum absolute atomic E-state index is 0.262. The summed E-state index contributed by atoms with van der Waals surface area (Å²) < 4.78 is 5.34. The van der Waals surface area contributed by atoms with Crippen LogP contribution in [0.3, 0.4) is 0 Å². The van der Waals surface area contributed by atoms with Gasteiger partial charge in [0.05, 0.1) is 0 Å². The Morgan fingerprint density at radius 3 is 2.22 bits per heavy atom. The number of rotatable bonds is 5. The molecule has 0 saturated heterocycles. The minimum atomic E-state index is -0.419. The smallest absolute Gasteiger partial charge is 0.407 e. The van der Waals surface area contributed by atoms with E-state index in [4.69, 9.17) is 4.74 Å². The van der Waals surface area contributed by atoms with Gasteiger partial charge in [-0.3, -0.25) is 0 Å². The third-order valence-corrected chi connectivity index (χ3v) is 5.39. The maximum atomic E-state index is 11.8. The molecule has 23 heavy (non-hydrogen) atoms. The Bertz CT molecular complexity index is 370. The number of nitrogens with one attached hydrogen (secondary N) is 2. The van der Waals surface area contributed by atoms with Gasteiger partial charge in [0.15, 0.2) is 0 Å². The Labute approximate surface area is 142 Å². The molecule has 4 heteroatoms. The first-order valence-electron chi connectivity index (χ1n) is 9.58. The van der Waals surface area contributed by atoms with Crippen molar-refractivity contribution < 1.29 is 9.53 Å². The molecule has 2 aliphatic rings. The van der Waals surface area contributed by atoms with Crippen molar-refractivity contribution in [1.29, 1.82) is 0 Å². The Kier molecular flexibility index (Phi) is 6.75. The van der Waals surface area contributed by atoms with Gasteiger partial charge in [-0.25, -0.2) is 4.79 Å². The van der Waals surface area contributed by atoms with Crippen molar-refractivity contribution in [3.05, 3.63) is 0 Å². The summed E-state index contributed by atoms with van der Waals surface area (Å²) in [4.78, 5) is 11.8. The molecule has 1 amide bonds. The number of alkyl carbamates (subject to hydrolysis) is 1. The molecule has 2 aliphatic carbocycles. The van der Waals surface area contributed by atoms with Gasteiger partial charge in [-0.2, -0.15) is 0 Å². The Balaban J connectivity index is 1.61. The van der Waals surface area contributed by atoms with Crippen LogP contribution in [0.15, 0.2) is 0 Å². The van der Waals surface area contributed by atoms with Gasteiger partial charge in [-0.1, -0.05) is 26.2 Å². The lowest BCUT2D eigenvalue weighted by Crippen LogP contribution is -2.39. The number of carbonyl (C=O) groups excluding carboxylic acids is 1. The highest BCUT2D eigenvalue weighted by molar-refractivity contribution is 5.68. The van der Waals surface area contributed by atoms with Crippen LogP contribution in [-0.2, 0) is 4.74 Å². The van der Waals surface area contributed by atoms with Crippen LogP contribution in [-0.4, -0.2) is 30.3 Å². The number of hydrogen-bond acceptors (Lipinski definition) is 3. The van der Waals surface area contributed by atoms with Crippen molar-refractivity contribution in [2.24, 2.45) is 11.8 Å². The second-order valence-electron chi connectivity index (χ2n) is 8.56. The average molecular weight is 325 g/mol. The fourth-order valence-electron chi connectivity index (χ4n) is 3.95. The van der Waals surface area contributed by atoms with Crippen molar-refractivity contribution >= 4 is 6.09 Å². The Morgan fingerprint density at radius 2 is 1.61 bits per heavy atom. The van der Waals surface area contributed by atoms with Crippen LogP contribution >= 0.6 is 0 Å². The van der Waals surface area contributed by atoms with Crippen LogP contribution in [0, 0.1) is 11.8 Å². The van der Waals surface area contributed by atoms with Gasteiger partial charge in [0.2, 0.25) is 0 Å². The summed E-state index contributed by atoms with van der Waals surface area (Å²) in [5.41, 5.74) is -0.419. The highest BCUT2D eigenvalue weighted by Gasteiger charge is 2.28. The molecule has 0 bridgehead atoms. The van der Waals surface area contributed by atoms with Crippen molar-refractivity contribution in [3.63, 3.8) is 0 Å². The molecule has 0 spiro atoms. The van der Waals surface area contributed by atoms with Gasteiger partial charge in [-0.15, -0.1) is 0 Å². The van der Waals surface area contributed by atoms with Crippen LogP contribution in [0.5, 0.6) is 0 Å². The molecule has 2 rings (SSSR count). The molecule has 0 radical (unpaired) electrons. The molecule has 0 heterocycles. The lowest BCUT2D eigenvalue weighted by Gasteiger charge is -2.29. The van der Waals surface area contributed by atoms with Gasteiger partial charge < -0.3 is 15.4 Å². The zero-order valence-electron chi connectivity index (χ0n) is 15.5. The molecule has 4 nitrogen and oxygen atoms in total. The second-order valence-corrected chi connectivity index (χ2v) is 8.56. The fourth-order valence-corrected chi connectivity index (χ4v) is 3.95. The molecule has 2 N–H and O–H groups in total. The SMILES string of the molecule is CCC1CCC(CNC2CCC(NC(=O)OC(C)(C)C)C2)CC1. The van der Waals surface area contributed by atoms with E-state index >= 15 is 0 Å². The van der Waals surface area contributed by atoms with E-state index in [9.17, 15) is 4.79 Å². The minimum Gasteiger partial charge on any atom is -0.444 e. The van der Waals surface area contributed by atoms with Crippen molar-refractivity contribution in [3.8, 4) is 0 Å². The van der Waals surface area contributed by atoms with E-state index in [0.717, 1.165) is 37.6 Å². The largest absolute Gasteiger partial charge is 0.444 e. The first-order chi connectivity index (χ1) is 10.9. The summed E-state index contributed by atoms with van der Waals surface area (Å²) in [6.45, 7) is 9.18. The summed E-state index contributed by atoms with van der Waals surface area (Å²) in [5, 5.41) is 6.76. The van der Waals surface area contributed by atoms with Crippen LogP contribution in [0.2, 0.25) is 0 Å². The summed E-state index contributed by atoms with van der Waals surface area (Å²) >= 11 is 0. The van der Waals surface area contributed by atoms with E-state index in [1.54, 1.807) is 0 Å². The van der Waals surface area contributed by atoms with Gasteiger partial charge in [0.25, 0.3) is 0 Å². The van der Waals surface area contributed by atoms with E-state index in [2.05, 4.69) is 17.6 Å². The van der Waals surface area contributed by atoms with E-state index in [1.807, 2.05) is 20.8 Å². The lowest BCUT2D eigenvalue weighted by atomic mass is 9.81. The van der Waals surface area contributed by atoms with Crippen molar-refractivity contribution in [1.82, 2.24) is 10.6 Å². The van der Waals surface area contributed by atoms with Crippen molar-refractivity contribution in [2.75, 3.05) is 6.54 Å². The molecule has 0 aliphatic heterocycles. The first kappa shape index (κ1) is 18.6. The highest BCUT2D eigenvalue weighted by atomic mass is 16.6. The number of ether oxygens (including phenoxy) is 1. The summed E-state index contributed by atoms with van der Waals surface area (Å²) in [6.07, 6.45) is 9.91. The van der Waals surface area contributed by atoms with Crippen molar-refractivity contribution in [2.45, 2.75) is 96.7 Å². The zero-order valence-corrected chi connectivity index (χ0v) is 15.5. The summed E-state index contributed by atoms with van der Waals surface area (Å²) in [6, 6.07) is 0.817. The highest BCUT2D eigenvalue weighted by Crippen LogP contribution is 2.30. The summed E-state index contributed by atoms with van der Waals surface area (Å²) in [7, 11) is 0. The third kappa shape index (κ3) is 6.70. The molecule has 0 aromatic rings. The molecular weight excluding hydrogens is 288 g/mol. The molecule has 134 valence electrons. The van der Waals surface area contributed by atoms with Gasteiger partial charge in [-0.05, 0) is 71.3 Å². The summed E-state index contributed by atoms with van der Waals surface area (Å²) in [5.74, 6) is 1.83. The van der Waals surface area contributed by atoms with E-state index < -0.39 is 5.60 Å². The van der Waals surface area contributed by atoms with Gasteiger partial charge >= 0.3 is 6.09 Å². The third-order valence-electron chi connectivity index (χ3n) is 5.39. The predicted molar refractivity (Wildman–Crippen MR) is 94.5 cm³/mol. The number of hydrogen-bond donors (Lipinski definition) is 2. The fraction of sp³-hybridized carbons (Fsp3) is 0.947. The van der Waals surface area contributed by atoms with E-state index in [1.165, 1.54) is 32.1 Å². The topological polar surface area (TPSA) is 50.4 Å². The zero-order chi connectivity index (χ0) is 16.9. The van der Waals surface area contributed by atoms with E-state index in [-0.39, 0.29) is 12.1 Å². The van der Waals surface area contributed by atoms with Crippen LogP contribution < -0.4 is 10.6 Å². The molecule has 0 aromatic heterocycles. The quantitative estimate of drug-likeness (QED) is 0.795. The maximum Gasteiger partial charge on any atom is 0.407 e. The van der Waals surface area contributed by atoms with Crippen LogP contribution in [0.25, 0.3) is 0 Å². The monoisotopic (exact) mass is 324 g/mol. The average Bonchev–Trinajstić information content (AvgIpc) is 2.91. The maximum absolute atomic E-state index is 11.8. The Morgan fingerprint density at radius 1 is 1.00 bits per heavy atom. The van der Waals surface area contributed by atoms with Gasteiger partial charge in [0.1, 0.15) is 5.60 Å². The normalized spacial score (nSPS) is 31.8. The van der Waals surface area contributed by atoms with Gasteiger partial charge in [0, 0.05) is 12.1 Å². The molecule has 2 atom stereocenters.